The van der Waals surface area contributed by atoms with E-state index >= 15 is 0 Å². The van der Waals surface area contributed by atoms with Gasteiger partial charge in [0.25, 0.3) is 0 Å². The van der Waals surface area contributed by atoms with Gasteiger partial charge in [0.15, 0.2) is 0 Å². The van der Waals surface area contributed by atoms with Crippen molar-refractivity contribution < 1.29 is 19.4 Å². The second kappa shape index (κ2) is 7.75. The van der Waals surface area contributed by atoms with Crippen LogP contribution < -0.4 is 10.6 Å². The summed E-state index contributed by atoms with van der Waals surface area (Å²) in [4.78, 5) is 23.3. The van der Waals surface area contributed by atoms with Crippen LogP contribution in [0.2, 0.25) is 0 Å². The molecule has 114 valence electrons. The second-order valence-electron chi connectivity index (χ2n) is 5.01. The van der Waals surface area contributed by atoms with Gasteiger partial charge in [0, 0.05) is 6.54 Å². The van der Waals surface area contributed by atoms with E-state index in [9.17, 15) is 14.7 Å². The summed E-state index contributed by atoms with van der Waals surface area (Å²) >= 11 is 0. The third kappa shape index (κ3) is 4.84. The summed E-state index contributed by atoms with van der Waals surface area (Å²) < 4.78 is 5.20. The Balaban J connectivity index is 1.86. The molecule has 2 unspecified atom stereocenters. The molecule has 6 nitrogen and oxygen atoms in total. The number of nitrogens with one attached hydrogen (secondary N) is 2. The van der Waals surface area contributed by atoms with E-state index in [1.54, 1.807) is 0 Å². The zero-order valence-corrected chi connectivity index (χ0v) is 11.7. The van der Waals surface area contributed by atoms with Crippen LogP contribution in [0, 0.1) is 0 Å². The fourth-order valence-corrected chi connectivity index (χ4v) is 2.22. The van der Waals surface area contributed by atoms with Crippen molar-refractivity contribution in [3.8, 4) is 0 Å². The van der Waals surface area contributed by atoms with Crippen LogP contribution in [-0.4, -0.2) is 48.8 Å². The number of carboxylic acid groups (broad SMARTS) is 1. The molecule has 1 amide bonds. The predicted octanol–water partition coefficient (Wildman–Crippen LogP) is 0.177. The largest absolute Gasteiger partial charge is 0.480 e. The van der Waals surface area contributed by atoms with Crippen molar-refractivity contribution in [1.82, 2.24) is 10.6 Å². The summed E-state index contributed by atoms with van der Waals surface area (Å²) in [5.74, 6) is -1.34. The Morgan fingerprint density at radius 3 is 2.76 bits per heavy atom. The molecule has 0 aromatic heterocycles. The van der Waals surface area contributed by atoms with Crippen LogP contribution in [0.3, 0.4) is 0 Å². The van der Waals surface area contributed by atoms with E-state index < -0.39 is 18.1 Å². The Morgan fingerprint density at radius 2 is 2.14 bits per heavy atom. The average molecular weight is 292 g/mol. The minimum Gasteiger partial charge on any atom is -0.480 e. The summed E-state index contributed by atoms with van der Waals surface area (Å²) in [5.41, 5.74) is 1.05. The molecule has 1 saturated heterocycles. The molecule has 1 heterocycles. The molecule has 0 aliphatic carbocycles. The number of carbonyl (C=O) groups excluding carboxylic acids is 1. The number of rotatable bonds is 6. The van der Waals surface area contributed by atoms with E-state index in [1.165, 1.54) is 0 Å². The number of benzene rings is 1. The molecule has 1 aromatic carbocycles. The summed E-state index contributed by atoms with van der Waals surface area (Å²) in [7, 11) is 0. The molecule has 2 rings (SSSR count). The van der Waals surface area contributed by atoms with Gasteiger partial charge >= 0.3 is 5.97 Å². The predicted molar refractivity (Wildman–Crippen MR) is 76.9 cm³/mol. The third-order valence-corrected chi connectivity index (χ3v) is 3.42. The van der Waals surface area contributed by atoms with Gasteiger partial charge in [-0.15, -0.1) is 0 Å². The van der Waals surface area contributed by atoms with Gasteiger partial charge in [0.05, 0.1) is 13.2 Å². The van der Waals surface area contributed by atoms with Crippen molar-refractivity contribution in [2.75, 3.05) is 19.8 Å². The van der Waals surface area contributed by atoms with Crippen LogP contribution in [0.1, 0.15) is 12.0 Å². The second-order valence-corrected chi connectivity index (χ2v) is 5.01. The smallest absolute Gasteiger partial charge is 0.326 e. The van der Waals surface area contributed by atoms with E-state index in [0.29, 0.717) is 26.0 Å². The number of ether oxygens (including phenoxy) is 1. The maximum absolute atomic E-state index is 12.0. The van der Waals surface area contributed by atoms with E-state index in [0.717, 1.165) is 5.56 Å². The van der Waals surface area contributed by atoms with Crippen LogP contribution in [0.5, 0.6) is 0 Å². The highest BCUT2D eigenvalue weighted by atomic mass is 16.5. The molecule has 6 heteroatoms. The molecule has 0 saturated carbocycles. The van der Waals surface area contributed by atoms with Crippen LogP contribution >= 0.6 is 0 Å². The van der Waals surface area contributed by atoms with E-state index in [2.05, 4.69) is 10.6 Å². The van der Waals surface area contributed by atoms with Crippen molar-refractivity contribution in [2.24, 2.45) is 0 Å². The summed E-state index contributed by atoms with van der Waals surface area (Å²) in [6.07, 6.45) is 0.964. The molecule has 1 aromatic rings. The maximum Gasteiger partial charge on any atom is 0.326 e. The van der Waals surface area contributed by atoms with Crippen LogP contribution in [0.15, 0.2) is 30.3 Å². The molecule has 0 spiro atoms. The Hall–Kier alpha value is -1.92. The number of hydrogen-bond acceptors (Lipinski definition) is 4. The Kier molecular flexibility index (Phi) is 5.71. The molecule has 1 fully saturated rings. The summed E-state index contributed by atoms with van der Waals surface area (Å²) in [6.45, 7) is 1.44. The van der Waals surface area contributed by atoms with Crippen LogP contribution in [-0.2, 0) is 20.7 Å². The first-order chi connectivity index (χ1) is 10.2. The molecule has 2 atom stereocenters. The van der Waals surface area contributed by atoms with Gasteiger partial charge in [-0.2, -0.15) is 0 Å². The first-order valence-corrected chi connectivity index (χ1v) is 7.05. The lowest BCUT2D eigenvalue weighted by molar-refractivity contribution is -0.142. The summed E-state index contributed by atoms with van der Waals surface area (Å²) in [5, 5.41) is 14.8. The van der Waals surface area contributed by atoms with Gasteiger partial charge in [-0.1, -0.05) is 30.3 Å². The standard InChI is InChI=1S/C15H20N2O4/c18-14(13-10-21-9-8-16-13)17-12(15(19)20)7-6-11-4-2-1-3-5-11/h1-5,12-13,16H,6-10H2,(H,17,18)(H,19,20). The lowest BCUT2D eigenvalue weighted by Gasteiger charge is -2.24. The van der Waals surface area contributed by atoms with Crippen LogP contribution in [0.25, 0.3) is 0 Å². The first-order valence-electron chi connectivity index (χ1n) is 7.05. The number of aryl methyl sites for hydroxylation is 1. The van der Waals surface area contributed by atoms with Gasteiger partial charge in [0.1, 0.15) is 12.1 Å². The molecular formula is C15H20N2O4. The molecule has 21 heavy (non-hydrogen) atoms. The van der Waals surface area contributed by atoms with E-state index in [1.807, 2.05) is 30.3 Å². The van der Waals surface area contributed by atoms with Gasteiger partial charge in [-0.25, -0.2) is 4.79 Å². The number of hydrogen-bond donors (Lipinski definition) is 3. The highest BCUT2D eigenvalue weighted by molar-refractivity contribution is 5.87. The number of carbonyl (C=O) groups is 2. The minimum absolute atomic E-state index is 0.275. The lowest BCUT2D eigenvalue weighted by atomic mass is 10.0. The van der Waals surface area contributed by atoms with Crippen molar-refractivity contribution in [2.45, 2.75) is 24.9 Å². The molecule has 0 bridgehead atoms. The number of aliphatic carboxylic acids is 1. The Bertz CT molecular complexity index is 472. The topological polar surface area (TPSA) is 87.7 Å². The quantitative estimate of drug-likeness (QED) is 0.696. The maximum atomic E-state index is 12.0. The highest BCUT2D eigenvalue weighted by Gasteiger charge is 2.26. The fourth-order valence-electron chi connectivity index (χ4n) is 2.22. The molecule has 3 N–H and O–H groups in total. The monoisotopic (exact) mass is 292 g/mol. The van der Waals surface area contributed by atoms with Crippen molar-refractivity contribution in [3.05, 3.63) is 35.9 Å². The normalized spacial score (nSPS) is 19.7. The number of carboxylic acids is 1. The van der Waals surface area contributed by atoms with Gasteiger partial charge in [0.2, 0.25) is 5.91 Å². The van der Waals surface area contributed by atoms with Crippen molar-refractivity contribution >= 4 is 11.9 Å². The third-order valence-electron chi connectivity index (χ3n) is 3.42. The molecule has 0 radical (unpaired) electrons. The minimum atomic E-state index is -1.02. The number of morpholine rings is 1. The van der Waals surface area contributed by atoms with Crippen LogP contribution in [0.4, 0.5) is 0 Å². The zero-order valence-electron chi connectivity index (χ0n) is 11.7. The highest BCUT2D eigenvalue weighted by Crippen LogP contribution is 2.06. The SMILES string of the molecule is O=C(O)C(CCc1ccccc1)NC(=O)C1COCCN1. The summed E-state index contributed by atoms with van der Waals surface area (Å²) in [6, 6.07) is 8.25. The molecule has 1 aliphatic rings. The average Bonchev–Trinajstić information content (AvgIpc) is 2.52. The number of amides is 1. The van der Waals surface area contributed by atoms with Crippen molar-refractivity contribution in [3.63, 3.8) is 0 Å². The van der Waals surface area contributed by atoms with E-state index in [4.69, 9.17) is 4.74 Å². The van der Waals surface area contributed by atoms with Gasteiger partial charge < -0.3 is 20.5 Å². The molecular weight excluding hydrogens is 272 g/mol. The lowest BCUT2D eigenvalue weighted by Crippen LogP contribution is -2.54. The zero-order chi connectivity index (χ0) is 15.1. The van der Waals surface area contributed by atoms with Gasteiger partial charge in [-0.3, -0.25) is 4.79 Å². The van der Waals surface area contributed by atoms with Crippen molar-refractivity contribution in [1.29, 1.82) is 0 Å². The van der Waals surface area contributed by atoms with E-state index in [-0.39, 0.29) is 12.5 Å². The Labute approximate surface area is 123 Å². The first kappa shape index (κ1) is 15.5. The molecule has 1 aliphatic heterocycles. The van der Waals surface area contributed by atoms with Gasteiger partial charge in [-0.05, 0) is 18.4 Å². The fraction of sp³-hybridized carbons (Fsp3) is 0.467. The Morgan fingerprint density at radius 1 is 1.38 bits per heavy atom.